The number of piperidine rings is 1. The van der Waals surface area contributed by atoms with Gasteiger partial charge in [-0.3, -0.25) is 4.79 Å². The first-order valence-electron chi connectivity index (χ1n) is 8.96. The third-order valence-electron chi connectivity index (χ3n) is 4.37. The third-order valence-corrected chi connectivity index (χ3v) is 6.02. The van der Waals surface area contributed by atoms with Crippen molar-refractivity contribution in [3.8, 4) is 0 Å². The average Bonchev–Trinajstić information content (AvgIpc) is 2.59. The maximum atomic E-state index is 12.7. The summed E-state index contributed by atoms with van der Waals surface area (Å²) < 4.78 is 27.1. The zero-order valence-electron chi connectivity index (χ0n) is 15.7. The molecule has 1 amide bonds. The Kier molecular flexibility index (Phi) is 9.03. The van der Waals surface area contributed by atoms with E-state index in [1.807, 2.05) is 4.90 Å². The number of carbonyl (C=O) groups is 1. The van der Waals surface area contributed by atoms with E-state index < -0.39 is 10.0 Å². The van der Waals surface area contributed by atoms with E-state index >= 15 is 0 Å². The Labute approximate surface area is 163 Å². The summed E-state index contributed by atoms with van der Waals surface area (Å²) in [5.41, 5.74) is 0.428. The van der Waals surface area contributed by atoms with Crippen molar-refractivity contribution in [2.24, 2.45) is 5.92 Å². The number of halogens is 1. The molecule has 1 heterocycles. The quantitative estimate of drug-likeness (QED) is 0.731. The monoisotopic (exact) mass is 403 g/mol. The summed E-state index contributed by atoms with van der Waals surface area (Å²) >= 11 is 0. The number of carbonyl (C=O) groups excluding carboxylic acids is 1. The number of sulfonamides is 1. The molecule has 0 spiro atoms. The fraction of sp³-hybridized carbons (Fsp3) is 0.611. The van der Waals surface area contributed by atoms with Crippen LogP contribution in [0.5, 0.6) is 0 Å². The minimum atomic E-state index is -3.59. The molecule has 2 rings (SSSR count). The Bertz CT molecular complexity index is 687. The van der Waals surface area contributed by atoms with E-state index in [4.69, 9.17) is 0 Å². The summed E-state index contributed by atoms with van der Waals surface area (Å²) in [5, 5.41) is 3.36. The van der Waals surface area contributed by atoms with Crippen molar-refractivity contribution in [1.29, 1.82) is 0 Å². The lowest BCUT2D eigenvalue weighted by molar-refractivity contribution is 0.0690. The van der Waals surface area contributed by atoms with Crippen LogP contribution in [-0.2, 0) is 10.0 Å². The molecule has 1 aliphatic heterocycles. The molecular formula is C18H30ClN3O3S. The number of hydrogen-bond donors (Lipinski definition) is 2. The molecule has 1 saturated heterocycles. The van der Waals surface area contributed by atoms with Crippen molar-refractivity contribution in [3.63, 3.8) is 0 Å². The van der Waals surface area contributed by atoms with E-state index in [9.17, 15) is 13.2 Å². The maximum absolute atomic E-state index is 12.7. The Morgan fingerprint density at radius 1 is 1.27 bits per heavy atom. The maximum Gasteiger partial charge on any atom is 0.253 e. The second kappa shape index (κ2) is 10.3. The molecule has 8 heteroatoms. The summed E-state index contributed by atoms with van der Waals surface area (Å²) in [5.74, 6) is 0.509. The van der Waals surface area contributed by atoms with E-state index in [0.717, 1.165) is 39.0 Å². The van der Waals surface area contributed by atoms with Gasteiger partial charge in [-0.15, -0.1) is 12.4 Å². The number of nitrogens with zero attached hydrogens (tertiary/aromatic N) is 1. The highest BCUT2D eigenvalue weighted by atomic mass is 35.5. The van der Waals surface area contributed by atoms with Crippen molar-refractivity contribution in [2.45, 2.75) is 44.6 Å². The van der Waals surface area contributed by atoms with Gasteiger partial charge in [-0.2, -0.15) is 0 Å². The zero-order chi connectivity index (χ0) is 18.4. The van der Waals surface area contributed by atoms with Gasteiger partial charge >= 0.3 is 0 Å². The minimum absolute atomic E-state index is 0. The number of hydrogen-bond acceptors (Lipinski definition) is 4. The molecule has 1 fully saturated rings. The standard InChI is InChI=1S/C18H29N3O3S.ClH/c1-4-19-13-15-8-10-21(11-9-15)18(22)16-6-5-7-17(12-16)25(23,24)20-14(2)3;/h5-7,12,14-15,19-20H,4,8-11,13H2,1-3H3;1H. The van der Waals surface area contributed by atoms with E-state index in [2.05, 4.69) is 17.0 Å². The minimum Gasteiger partial charge on any atom is -0.339 e. The van der Waals surface area contributed by atoms with Crippen LogP contribution in [0.3, 0.4) is 0 Å². The topological polar surface area (TPSA) is 78.5 Å². The first-order chi connectivity index (χ1) is 11.8. The number of nitrogens with one attached hydrogen (secondary N) is 2. The molecule has 1 aromatic carbocycles. The summed E-state index contributed by atoms with van der Waals surface area (Å²) in [6, 6.07) is 6.10. The van der Waals surface area contributed by atoms with E-state index in [1.165, 1.54) is 12.1 Å². The molecule has 6 nitrogen and oxygen atoms in total. The summed E-state index contributed by atoms with van der Waals surface area (Å²) in [6.07, 6.45) is 1.96. The van der Waals surface area contributed by atoms with Crippen molar-refractivity contribution in [2.75, 3.05) is 26.2 Å². The van der Waals surface area contributed by atoms with Gasteiger partial charge in [0, 0.05) is 24.7 Å². The average molecular weight is 404 g/mol. The van der Waals surface area contributed by atoms with Gasteiger partial charge in [-0.25, -0.2) is 13.1 Å². The van der Waals surface area contributed by atoms with Gasteiger partial charge in [-0.05, 0) is 63.9 Å². The molecule has 0 aliphatic carbocycles. The lowest BCUT2D eigenvalue weighted by Gasteiger charge is -2.32. The van der Waals surface area contributed by atoms with E-state index in [0.29, 0.717) is 11.5 Å². The number of amides is 1. The van der Waals surface area contributed by atoms with Gasteiger partial charge in [0.05, 0.1) is 4.90 Å². The molecule has 1 aliphatic rings. The lowest BCUT2D eigenvalue weighted by atomic mass is 9.96. The first-order valence-corrected chi connectivity index (χ1v) is 10.4. The van der Waals surface area contributed by atoms with Crippen LogP contribution in [0.2, 0.25) is 0 Å². The van der Waals surface area contributed by atoms with Crippen molar-refractivity contribution in [3.05, 3.63) is 29.8 Å². The summed E-state index contributed by atoms with van der Waals surface area (Å²) in [7, 11) is -3.59. The number of benzene rings is 1. The molecule has 26 heavy (non-hydrogen) atoms. The van der Waals surface area contributed by atoms with Crippen molar-refractivity contribution >= 4 is 28.3 Å². The highest BCUT2D eigenvalue weighted by Gasteiger charge is 2.24. The number of rotatable bonds is 7. The Morgan fingerprint density at radius 3 is 2.50 bits per heavy atom. The smallest absolute Gasteiger partial charge is 0.253 e. The second-order valence-electron chi connectivity index (χ2n) is 6.85. The van der Waals surface area contributed by atoms with Crippen LogP contribution < -0.4 is 10.0 Å². The number of likely N-dealkylation sites (tertiary alicyclic amines) is 1. The van der Waals surface area contributed by atoms with Crippen LogP contribution >= 0.6 is 12.4 Å². The Balaban J connectivity index is 0.00000338. The van der Waals surface area contributed by atoms with Crippen molar-refractivity contribution in [1.82, 2.24) is 14.9 Å². The van der Waals surface area contributed by atoms with Crippen LogP contribution in [0.1, 0.15) is 44.0 Å². The van der Waals surface area contributed by atoms with E-state index in [-0.39, 0.29) is 29.3 Å². The molecule has 0 atom stereocenters. The molecule has 148 valence electrons. The molecule has 0 unspecified atom stereocenters. The van der Waals surface area contributed by atoms with Crippen LogP contribution in [0.15, 0.2) is 29.2 Å². The fourth-order valence-electron chi connectivity index (χ4n) is 3.05. The predicted molar refractivity (Wildman–Crippen MR) is 106 cm³/mol. The van der Waals surface area contributed by atoms with Gasteiger partial charge < -0.3 is 10.2 Å². The van der Waals surface area contributed by atoms with Crippen LogP contribution in [0.4, 0.5) is 0 Å². The van der Waals surface area contributed by atoms with Crippen LogP contribution in [0.25, 0.3) is 0 Å². The van der Waals surface area contributed by atoms with Gasteiger partial charge in [0.25, 0.3) is 5.91 Å². The van der Waals surface area contributed by atoms with Gasteiger partial charge in [-0.1, -0.05) is 13.0 Å². The lowest BCUT2D eigenvalue weighted by Crippen LogP contribution is -2.40. The predicted octanol–water partition coefficient (Wildman–Crippen LogP) is 2.26. The van der Waals surface area contributed by atoms with Crippen molar-refractivity contribution < 1.29 is 13.2 Å². The molecule has 2 N–H and O–H groups in total. The van der Waals surface area contributed by atoms with Gasteiger partial charge in [0.15, 0.2) is 0 Å². The zero-order valence-corrected chi connectivity index (χ0v) is 17.3. The third kappa shape index (κ3) is 6.23. The highest BCUT2D eigenvalue weighted by molar-refractivity contribution is 7.89. The molecule has 1 aromatic rings. The Hall–Kier alpha value is -1.15. The van der Waals surface area contributed by atoms with Gasteiger partial charge in [0.2, 0.25) is 10.0 Å². The normalized spacial score (nSPS) is 15.8. The largest absolute Gasteiger partial charge is 0.339 e. The van der Waals surface area contributed by atoms with E-state index in [1.54, 1.807) is 26.0 Å². The summed E-state index contributed by atoms with van der Waals surface area (Å²) in [6.45, 7) is 9.02. The summed E-state index contributed by atoms with van der Waals surface area (Å²) in [4.78, 5) is 14.7. The molecule has 0 radical (unpaired) electrons. The molecule has 0 saturated carbocycles. The second-order valence-corrected chi connectivity index (χ2v) is 8.56. The first kappa shape index (κ1) is 22.9. The molecule has 0 aromatic heterocycles. The molecular weight excluding hydrogens is 374 g/mol. The van der Waals surface area contributed by atoms with Crippen LogP contribution in [-0.4, -0.2) is 51.4 Å². The SMILES string of the molecule is CCNCC1CCN(C(=O)c2cccc(S(=O)(=O)NC(C)C)c2)CC1.Cl. The van der Waals surface area contributed by atoms with Crippen LogP contribution in [0, 0.1) is 5.92 Å². The highest BCUT2D eigenvalue weighted by Crippen LogP contribution is 2.20. The molecule has 0 bridgehead atoms. The fourth-order valence-corrected chi connectivity index (χ4v) is 4.34. The Morgan fingerprint density at radius 2 is 1.92 bits per heavy atom. The van der Waals surface area contributed by atoms with Gasteiger partial charge in [0.1, 0.15) is 0 Å².